The zero-order valence-electron chi connectivity index (χ0n) is 12.6. The van der Waals surface area contributed by atoms with Crippen LogP contribution in [-0.4, -0.2) is 23.1 Å². The van der Waals surface area contributed by atoms with Crippen molar-refractivity contribution in [1.29, 1.82) is 0 Å². The molecule has 0 aromatic heterocycles. The molecule has 0 aliphatic carbocycles. The maximum absolute atomic E-state index is 11.0. The summed E-state index contributed by atoms with van der Waals surface area (Å²) in [5, 5.41) is 8.93. The van der Waals surface area contributed by atoms with Gasteiger partial charge in [0.05, 0.1) is 0 Å². The van der Waals surface area contributed by atoms with E-state index >= 15 is 0 Å². The van der Waals surface area contributed by atoms with Crippen LogP contribution in [0.5, 0.6) is 0 Å². The second kappa shape index (κ2) is 12.7. The molecule has 1 atom stereocenters. The molecule has 0 aliphatic rings. The Morgan fingerprint density at radius 1 is 1.05 bits per heavy atom. The smallest absolute Gasteiger partial charge is 0.345 e. The molecule has 0 spiro atoms. The summed E-state index contributed by atoms with van der Waals surface area (Å²) in [6.07, 6.45) is 10.9. The van der Waals surface area contributed by atoms with Crippen molar-refractivity contribution < 1.29 is 19.4 Å². The third kappa shape index (κ3) is 10.6. The molecule has 0 saturated carbocycles. The van der Waals surface area contributed by atoms with Crippen molar-refractivity contribution in [2.45, 2.75) is 77.2 Å². The first kappa shape index (κ1) is 18.7. The van der Waals surface area contributed by atoms with Crippen LogP contribution in [0.3, 0.4) is 0 Å². The first-order chi connectivity index (χ1) is 9.61. The van der Waals surface area contributed by atoms with Crippen LogP contribution in [0.2, 0.25) is 0 Å². The van der Waals surface area contributed by atoms with Crippen molar-refractivity contribution in [2.75, 3.05) is 0 Å². The van der Waals surface area contributed by atoms with Crippen LogP contribution in [0.15, 0.2) is 12.7 Å². The van der Waals surface area contributed by atoms with Gasteiger partial charge in [-0.1, -0.05) is 64.9 Å². The highest BCUT2D eigenvalue weighted by Gasteiger charge is 2.20. The molecular weight excluding hydrogens is 256 g/mol. The minimum Gasteiger partial charge on any atom is -0.479 e. The average Bonchev–Trinajstić information content (AvgIpc) is 2.43. The predicted molar refractivity (Wildman–Crippen MR) is 79.6 cm³/mol. The van der Waals surface area contributed by atoms with E-state index in [0.29, 0.717) is 6.42 Å². The molecule has 0 amide bonds. The van der Waals surface area contributed by atoms with Crippen molar-refractivity contribution in [1.82, 2.24) is 0 Å². The Kier molecular flexibility index (Phi) is 11.9. The van der Waals surface area contributed by atoms with E-state index in [4.69, 9.17) is 9.84 Å². The number of carbonyl (C=O) groups is 2. The molecule has 0 radical (unpaired) electrons. The van der Waals surface area contributed by atoms with Gasteiger partial charge in [0, 0.05) is 6.08 Å². The van der Waals surface area contributed by atoms with Gasteiger partial charge < -0.3 is 9.84 Å². The summed E-state index contributed by atoms with van der Waals surface area (Å²) >= 11 is 0. The van der Waals surface area contributed by atoms with Gasteiger partial charge in [-0.15, -0.1) is 0 Å². The minimum atomic E-state index is -1.08. The SMILES string of the molecule is C=CC(=O)OC(CCCCCCCCCCC)C(=O)O. The quantitative estimate of drug-likeness (QED) is 0.314. The summed E-state index contributed by atoms with van der Waals surface area (Å²) in [5.74, 6) is -1.76. The first-order valence-electron chi connectivity index (χ1n) is 7.67. The number of ether oxygens (including phenoxy) is 1. The molecule has 1 N–H and O–H groups in total. The van der Waals surface area contributed by atoms with Gasteiger partial charge in [0.2, 0.25) is 0 Å². The lowest BCUT2D eigenvalue weighted by Crippen LogP contribution is -2.26. The minimum absolute atomic E-state index is 0.380. The van der Waals surface area contributed by atoms with Crippen LogP contribution in [0.25, 0.3) is 0 Å². The second-order valence-electron chi connectivity index (χ2n) is 5.08. The predicted octanol–water partition coefficient (Wildman–Crippen LogP) is 4.09. The Morgan fingerprint density at radius 2 is 1.55 bits per heavy atom. The van der Waals surface area contributed by atoms with Gasteiger partial charge in [-0.05, 0) is 12.8 Å². The van der Waals surface area contributed by atoms with Crippen LogP contribution in [0.1, 0.15) is 71.1 Å². The standard InChI is InChI=1S/C16H28O4/c1-3-5-6-7-8-9-10-11-12-13-14(16(18)19)20-15(17)4-2/h4,14H,2-3,5-13H2,1H3,(H,18,19). The number of carboxylic acids is 1. The number of esters is 1. The number of hydrogen-bond acceptors (Lipinski definition) is 3. The molecule has 4 nitrogen and oxygen atoms in total. The lowest BCUT2D eigenvalue weighted by molar-refractivity contribution is -0.161. The Morgan fingerprint density at radius 3 is 2.00 bits per heavy atom. The Balaban J connectivity index is 3.57. The van der Waals surface area contributed by atoms with Crippen LogP contribution in [0.4, 0.5) is 0 Å². The number of unbranched alkanes of at least 4 members (excludes halogenated alkanes) is 8. The van der Waals surface area contributed by atoms with E-state index < -0.39 is 18.0 Å². The molecule has 20 heavy (non-hydrogen) atoms. The third-order valence-electron chi connectivity index (χ3n) is 3.27. The Labute approximate surface area is 122 Å². The molecule has 116 valence electrons. The fraction of sp³-hybridized carbons (Fsp3) is 0.750. The molecular formula is C16H28O4. The van der Waals surface area contributed by atoms with Crippen LogP contribution >= 0.6 is 0 Å². The van der Waals surface area contributed by atoms with E-state index in [-0.39, 0.29) is 0 Å². The molecule has 0 fully saturated rings. The van der Waals surface area contributed by atoms with Crippen molar-refractivity contribution in [3.63, 3.8) is 0 Å². The van der Waals surface area contributed by atoms with Crippen molar-refractivity contribution in [3.05, 3.63) is 12.7 Å². The monoisotopic (exact) mass is 284 g/mol. The van der Waals surface area contributed by atoms with Crippen molar-refractivity contribution in [3.8, 4) is 0 Å². The number of carboxylic acid groups (broad SMARTS) is 1. The highest BCUT2D eigenvalue weighted by Crippen LogP contribution is 2.12. The van der Waals surface area contributed by atoms with Crippen LogP contribution in [0, 0.1) is 0 Å². The molecule has 0 aliphatic heterocycles. The normalized spacial score (nSPS) is 11.8. The highest BCUT2D eigenvalue weighted by molar-refractivity contribution is 5.84. The van der Waals surface area contributed by atoms with Gasteiger partial charge in [0.15, 0.2) is 6.10 Å². The topological polar surface area (TPSA) is 63.6 Å². The number of hydrogen-bond donors (Lipinski definition) is 1. The summed E-state index contributed by atoms with van der Waals surface area (Å²) in [5.41, 5.74) is 0. The summed E-state index contributed by atoms with van der Waals surface area (Å²) in [7, 11) is 0. The fourth-order valence-corrected chi connectivity index (χ4v) is 2.06. The van der Waals surface area contributed by atoms with E-state index in [1.54, 1.807) is 0 Å². The maximum Gasteiger partial charge on any atom is 0.345 e. The zero-order chi connectivity index (χ0) is 15.2. The number of aliphatic carboxylic acids is 1. The molecule has 0 bridgehead atoms. The molecule has 0 heterocycles. The molecule has 4 heteroatoms. The van der Waals surface area contributed by atoms with Gasteiger partial charge in [0.25, 0.3) is 0 Å². The third-order valence-corrected chi connectivity index (χ3v) is 3.27. The average molecular weight is 284 g/mol. The highest BCUT2D eigenvalue weighted by atomic mass is 16.6. The molecule has 1 unspecified atom stereocenters. The number of rotatable bonds is 13. The molecule has 0 aromatic carbocycles. The van der Waals surface area contributed by atoms with Gasteiger partial charge in [-0.25, -0.2) is 9.59 Å². The van der Waals surface area contributed by atoms with E-state index in [1.165, 1.54) is 38.5 Å². The van der Waals surface area contributed by atoms with Crippen LogP contribution < -0.4 is 0 Å². The summed E-state index contributed by atoms with van der Waals surface area (Å²) in [4.78, 5) is 21.9. The molecule has 0 saturated heterocycles. The van der Waals surface area contributed by atoms with Gasteiger partial charge in [-0.2, -0.15) is 0 Å². The second-order valence-corrected chi connectivity index (χ2v) is 5.08. The van der Waals surface area contributed by atoms with Gasteiger partial charge >= 0.3 is 11.9 Å². The molecule has 0 rings (SSSR count). The largest absolute Gasteiger partial charge is 0.479 e. The molecule has 0 aromatic rings. The van der Waals surface area contributed by atoms with E-state index in [9.17, 15) is 9.59 Å². The van der Waals surface area contributed by atoms with E-state index in [1.807, 2.05) is 0 Å². The van der Waals surface area contributed by atoms with Crippen LogP contribution in [-0.2, 0) is 14.3 Å². The summed E-state index contributed by atoms with van der Waals surface area (Å²) in [6, 6.07) is 0. The maximum atomic E-state index is 11.0. The Bertz CT molecular complexity index is 286. The number of carbonyl (C=O) groups excluding carboxylic acids is 1. The van der Waals surface area contributed by atoms with E-state index in [2.05, 4.69) is 13.5 Å². The summed E-state index contributed by atoms with van der Waals surface area (Å²) < 4.78 is 4.78. The fourth-order valence-electron chi connectivity index (χ4n) is 2.06. The lowest BCUT2D eigenvalue weighted by atomic mass is 10.1. The first-order valence-corrected chi connectivity index (χ1v) is 7.67. The van der Waals surface area contributed by atoms with Gasteiger partial charge in [0.1, 0.15) is 0 Å². The van der Waals surface area contributed by atoms with E-state index in [0.717, 1.165) is 25.3 Å². The van der Waals surface area contributed by atoms with Gasteiger partial charge in [-0.3, -0.25) is 0 Å². The van der Waals surface area contributed by atoms with Crippen molar-refractivity contribution in [2.24, 2.45) is 0 Å². The zero-order valence-corrected chi connectivity index (χ0v) is 12.6. The summed E-state index contributed by atoms with van der Waals surface area (Å²) in [6.45, 7) is 5.46. The Hall–Kier alpha value is -1.32. The van der Waals surface area contributed by atoms with Crippen molar-refractivity contribution >= 4 is 11.9 Å². The lowest BCUT2D eigenvalue weighted by Gasteiger charge is -2.12.